The molecule has 0 fully saturated rings. The van der Waals surface area contributed by atoms with E-state index in [1.54, 1.807) is 0 Å². The predicted molar refractivity (Wildman–Crippen MR) is 280 cm³/mol. The van der Waals surface area contributed by atoms with Gasteiger partial charge in [0.15, 0.2) is 0 Å². The Labute approximate surface area is 383 Å². The lowest BCUT2D eigenvalue weighted by Crippen LogP contribution is -1.91. The number of para-hydroxylation sites is 3. The minimum Gasteiger partial charge on any atom is -0.456 e. The molecule has 3 heteroatoms. The first-order valence-corrected chi connectivity index (χ1v) is 22.9. The highest BCUT2D eigenvalue weighted by Crippen LogP contribution is 2.49. The minimum absolute atomic E-state index is 0.864. The lowest BCUT2D eigenvalue weighted by molar-refractivity contribution is 0.668. The van der Waals surface area contributed by atoms with Gasteiger partial charge in [0.2, 0.25) is 0 Å². The van der Waals surface area contributed by atoms with Gasteiger partial charge in [-0.15, -0.1) is 0 Å². The third kappa shape index (κ3) is 5.22. The zero-order valence-electron chi connectivity index (χ0n) is 36.0. The van der Waals surface area contributed by atoms with Gasteiger partial charge in [0.25, 0.3) is 0 Å². The average Bonchev–Trinajstić information content (AvgIpc) is 4.08. The number of fused-ring (bicyclic) bond motifs is 13. The van der Waals surface area contributed by atoms with Crippen LogP contribution in [-0.2, 0) is 0 Å². The third-order valence-electron chi connectivity index (χ3n) is 14.2. The lowest BCUT2D eigenvalue weighted by Gasteiger charge is -2.18. The van der Waals surface area contributed by atoms with E-state index in [9.17, 15) is 0 Å². The largest absolute Gasteiger partial charge is 0.456 e. The van der Waals surface area contributed by atoms with Gasteiger partial charge in [-0.2, -0.15) is 0 Å². The second-order valence-electron chi connectivity index (χ2n) is 17.8. The Kier molecular flexibility index (Phi) is 7.50. The zero-order chi connectivity index (χ0) is 43.7. The highest BCUT2D eigenvalue weighted by molar-refractivity contribution is 6.26. The van der Waals surface area contributed by atoms with Gasteiger partial charge in [0, 0.05) is 43.4 Å². The minimum atomic E-state index is 0.864. The summed E-state index contributed by atoms with van der Waals surface area (Å²) in [5.74, 6) is 0. The fourth-order valence-electron chi connectivity index (χ4n) is 11.4. The first-order valence-electron chi connectivity index (χ1n) is 22.9. The Morgan fingerprint density at radius 2 is 0.493 bits per heavy atom. The molecule has 12 aromatic carbocycles. The van der Waals surface area contributed by atoms with Crippen molar-refractivity contribution in [3.05, 3.63) is 218 Å². The van der Waals surface area contributed by atoms with E-state index in [1.165, 1.54) is 70.9 Å². The highest BCUT2D eigenvalue weighted by Gasteiger charge is 2.23. The molecule has 3 aromatic heterocycles. The maximum absolute atomic E-state index is 7.01. The summed E-state index contributed by atoms with van der Waals surface area (Å²) in [6.07, 6.45) is 0. The normalized spacial score (nSPS) is 12.2. The van der Waals surface area contributed by atoms with Gasteiger partial charge in [0.05, 0.1) is 0 Å². The van der Waals surface area contributed by atoms with Crippen LogP contribution in [0.15, 0.2) is 232 Å². The van der Waals surface area contributed by atoms with Crippen molar-refractivity contribution < 1.29 is 13.3 Å². The maximum Gasteiger partial charge on any atom is 0.143 e. The third-order valence-corrected chi connectivity index (χ3v) is 14.2. The van der Waals surface area contributed by atoms with Gasteiger partial charge in [0.1, 0.15) is 33.5 Å². The molecule has 0 bridgehead atoms. The van der Waals surface area contributed by atoms with Crippen molar-refractivity contribution in [2.75, 3.05) is 0 Å². The molecule has 67 heavy (non-hydrogen) atoms. The van der Waals surface area contributed by atoms with E-state index in [0.717, 1.165) is 82.5 Å². The van der Waals surface area contributed by atoms with Crippen molar-refractivity contribution in [2.24, 2.45) is 0 Å². The maximum atomic E-state index is 7.01. The Morgan fingerprint density at radius 1 is 0.194 bits per heavy atom. The summed E-state index contributed by atoms with van der Waals surface area (Å²) in [6.45, 7) is 0. The molecule has 0 aliphatic rings. The van der Waals surface area contributed by atoms with Crippen LogP contribution in [0.1, 0.15) is 0 Å². The van der Waals surface area contributed by atoms with Gasteiger partial charge >= 0.3 is 0 Å². The number of furan rings is 3. The fourth-order valence-corrected chi connectivity index (χ4v) is 11.4. The molecule has 3 nitrogen and oxygen atoms in total. The van der Waals surface area contributed by atoms with Crippen LogP contribution in [0, 0.1) is 0 Å². The molecule has 0 saturated heterocycles. The van der Waals surface area contributed by atoms with E-state index in [2.05, 4.69) is 194 Å². The standard InChI is InChI=1S/C64H36O3/c1-3-18-44-42(16-1)60(37-28-31-57-52(34-37)40-14-9-11-26-55(40)65-57)43-17-2-4-19-45(43)61(44)39-30-33-59-54(36-39)50-24-13-25-51(64(50)67-59)63-48-22-7-5-20-46(48)62(47-21-6-8-23-49(47)63)38-29-32-58-53(35-38)41-15-10-12-27-56(41)66-58/h1-36H. The van der Waals surface area contributed by atoms with Gasteiger partial charge < -0.3 is 13.3 Å². The quantitative estimate of drug-likeness (QED) is 0.166. The molecular formula is C64H36O3. The monoisotopic (exact) mass is 852 g/mol. The van der Waals surface area contributed by atoms with E-state index in [0.29, 0.717) is 0 Å². The average molecular weight is 853 g/mol. The van der Waals surface area contributed by atoms with Crippen molar-refractivity contribution in [1.82, 2.24) is 0 Å². The van der Waals surface area contributed by atoms with Crippen LogP contribution in [0.2, 0.25) is 0 Å². The van der Waals surface area contributed by atoms with Gasteiger partial charge in [-0.05, 0) is 125 Å². The Balaban J connectivity index is 0.936. The number of benzene rings is 12. The molecule has 15 aromatic rings. The summed E-state index contributed by atoms with van der Waals surface area (Å²) in [4.78, 5) is 0. The van der Waals surface area contributed by atoms with Crippen LogP contribution >= 0.6 is 0 Å². The summed E-state index contributed by atoms with van der Waals surface area (Å²) in [5, 5.41) is 16.3. The van der Waals surface area contributed by atoms with Gasteiger partial charge in [-0.25, -0.2) is 0 Å². The van der Waals surface area contributed by atoms with E-state index in [4.69, 9.17) is 13.3 Å². The molecule has 0 atom stereocenters. The molecule has 0 radical (unpaired) electrons. The van der Waals surface area contributed by atoms with Crippen molar-refractivity contribution in [1.29, 1.82) is 0 Å². The molecule has 0 saturated carbocycles. The second kappa shape index (κ2) is 13.8. The molecular weight excluding hydrogens is 817 g/mol. The molecule has 310 valence electrons. The number of hydrogen-bond acceptors (Lipinski definition) is 3. The molecule has 0 aliphatic carbocycles. The summed E-state index contributed by atoms with van der Waals surface area (Å²) < 4.78 is 19.5. The van der Waals surface area contributed by atoms with Gasteiger partial charge in [-0.3, -0.25) is 0 Å². The molecule has 0 N–H and O–H groups in total. The van der Waals surface area contributed by atoms with Crippen LogP contribution in [0.5, 0.6) is 0 Å². The second-order valence-corrected chi connectivity index (χ2v) is 17.8. The topological polar surface area (TPSA) is 39.4 Å². The molecule has 0 unspecified atom stereocenters. The first kappa shape index (κ1) is 36.4. The Hall–Kier alpha value is -8.92. The van der Waals surface area contributed by atoms with Crippen molar-refractivity contribution in [3.63, 3.8) is 0 Å². The number of rotatable bonds is 4. The van der Waals surface area contributed by atoms with Crippen molar-refractivity contribution in [2.45, 2.75) is 0 Å². The van der Waals surface area contributed by atoms with Crippen LogP contribution < -0.4 is 0 Å². The highest BCUT2D eigenvalue weighted by atomic mass is 16.3. The lowest BCUT2D eigenvalue weighted by atomic mass is 9.85. The van der Waals surface area contributed by atoms with Crippen LogP contribution in [0.3, 0.4) is 0 Å². The smallest absolute Gasteiger partial charge is 0.143 e. The molecule has 3 heterocycles. The molecule has 15 rings (SSSR count). The Bertz CT molecular complexity index is 4460. The van der Waals surface area contributed by atoms with Gasteiger partial charge in [-0.1, -0.05) is 170 Å². The summed E-state index contributed by atoms with van der Waals surface area (Å²) >= 11 is 0. The van der Waals surface area contributed by atoms with E-state index >= 15 is 0 Å². The van der Waals surface area contributed by atoms with Crippen molar-refractivity contribution in [3.8, 4) is 44.5 Å². The summed E-state index contributed by atoms with van der Waals surface area (Å²) in [6, 6.07) is 78.6. The van der Waals surface area contributed by atoms with Crippen molar-refractivity contribution >= 4 is 109 Å². The van der Waals surface area contributed by atoms with E-state index < -0.39 is 0 Å². The fraction of sp³-hybridized carbons (Fsp3) is 0. The molecule has 0 aliphatic heterocycles. The molecule has 0 spiro atoms. The zero-order valence-corrected chi connectivity index (χ0v) is 36.0. The predicted octanol–water partition coefficient (Wildman–Crippen LogP) is 18.7. The summed E-state index contributed by atoms with van der Waals surface area (Å²) in [7, 11) is 0. The van der Waals surface area contributed by atoms with E-state index in [-0.39, 0.29) is 0 Å². The SMILES string of the molecule is c1ccc2c(c1)oc1ccc(-c3c4ccccc4c(-c4ccc5oc6c(-c7c8ccccc8c(-c8ccc9oc%10ccccc%10c9c8)c8ccccc78)cccc6c5c4)c4ccccc34)cc12. The number of hydrogen-bond donors (Lipinski definition) is 0. The van der Waals surface area contributed by atoms with E-state index in [1.807, 2.05) is 24.3 Å². The Morgan fingerprint density at radius 3 is 0.896 bits per heavy atom. The van der Waals surface area contributed by atoms with Crippen LogP contribution in [0.25, 0.3) is 153 Å². The van der Waals surface area contributed by atoms with Crippen LogP contribution in [-0.4, -0.2) is 0 Å². The summed E-state index contributed by atoms with van der Waals surface area (Å²) in [5.41, 5.74) is 14.7. The van der Waals surface area contributed by atoms with Crippen LogP contribution in [0.4, 0.5) is 0 Å². The first-order chi connectivity index (χ1) is 33.2. The molecule has 0 amide bonds.